The van der Waals surface area contributed by atoms with Crippen LogP contribution in [0.5, 0.6) is 0 Å². The van der Waals surface area contributed by atoms with Crippen molar-refractivity contribution in [3.05, 3.63) is 71.0 Å². The predicted molar refractivity (Wildman–Crippen MR) is 96.1 cm³/mol. The molecule has 0 saturated carbocycles. The van der Waals surface area contributed by atoms with Crippen LogP contribution in [0.1, 0.15) is 28.4 Å². The predicted octanol–water partition coefficient (Wildman–Crippen LogP) is 3.67. The summed E-state index contributed by atoms with van der Waals surface area (Å²) in [4.78, 5) is 25.3. The molecule has 2 aromatic carbocycles. The first-order valence-electron chi connectivity index (χ1n) is 8.62. The Morgan fingerprint density at radius 1 is 0.964 bits per heavy atom. The van der Waals surface area contributed by atoms with Gasteiger partial charge in [-0.3, -0.25) is 9.59 Å². The minimum Gasteiger partial charge on any atom is -0.350 e. The van der Waals surface area contributed by atoms with E-state index in [2.05, 4.69) is 5.32 Å². The monoisotopic (exact) mass is 396 g/mol. The second kappa shape index (κ2) is 9.34. The van der Waals surface area contributed by atoms with Gasteiger partial charge in [-0.2, -0.15) is 13.2 Å². The fourth-order valence-corrected chi connectivity index (χ4v) is 2.56. The number of carbonyl (C=O) groups is 2. The Kier molecular flexibility index (Phi) is 7.14. The highest BCUT2D eigenvalue weighted by Gasteiger charge is 2.30. The molecule has 0 aliphatic rings. The van der Waals surface area contributed by atoms with Crippen molar-refractivity contribution in [1.29, 1.82) is 0 Å². The van der Waals surface area contributed by atoms with Crippen LogP contribution in [0.25, 0.3) is 0 Å². The Labute approximate surface area is 160 Å². The zero-order valence-corrected chi connectivity index (χ0v) is 15.2. The second-order valence-electron chi connectivity index (χ2n) is 6.21. The third-order valence-electron chi connectivity index (χ3n) is 4.17. The molecule has 0 bridgehead atoms. The molecule has 2 aromatic rings. The molecule has 0 atom stereocenters. The third kappa shape index (κ3) is 6.37. The van der Waals surface area contributed by atoms with E-state index in [0.717, 1.165) is 29.8 Å². The average Bonchev–Trinajstić information content (AvgIpc) is 2.64. The van der Waals surface area contributed by atoms with E-state index in [1.54, 1.807) is 12.1 Å². The molecule has 2 rings (SSSR count). The zero-order valence-electron chi connectivity index (χ0n) is 15.2. The molecule has 150 valence electrons. The first kappa shape index (κ1) is 21.4. The maximum atomic E-state index is 12.9. The van der Waals surface area contributed by atoms with Crippen molar-refractivity contribution >= 4 is 11.8 Å². The van der Waals surface area contributed by atoms with Gasteiger partial charge >= 0.3 is 6.18 Å². The number of rotatable bonds is 7. The minimum absolute atomic E-state index is 0.105. The van der Waals surface area contributed by atoms with E-state index in [1.807, 2.05) is 0 Å². The molecule has 8 heteroatoms. The van der Waals surface area contributed by atoms with Gasteiger partial charge < -0.3 is 10.2 Å². The van der Waals surface area contributed by atoms with Crippen molar-refractivity contribution in [3.8, 4) is 0 Å². The van der Waals surface area contributed by atoms with Crippen LogP contribution in [-0.2, 0) is 17.4 Å². The summed E-state index contributed by atoms with van der Waals surface area (Å²) in [5.74, 6) is -1.03. The summed E-state index contributed by atoms with van der Waals surface area (Å²) in [5, 5.41) is 2.58. The van der Waals surface area contributed by atoms with Gasteiger partial charge in [-0.25, -0.2) is 4.39 Å². The van der Waals surface area contributed by atoms with Gasteiger partial charge in [0.25, 0.3) is 5.91 Å². The van der Waals surface area contributed by atoms with E-state index in [9.17, 15) is 27.2 Å². The molecule has 0 saturated heterocycles. The second-order valence-corrected chi connectivity index (χ2v) is 6.21. The lowest BCUT2D eigenvalue weighted by molar-refractivity contribution is -0.137. The van der Waals surface area contributed by atoms with Crippen LogP contribution < -0.4 is 5.32 Å². The van der Waals surface area contributed by atoms with E-state index in [1.165, 1.54) is 24.0 Å². The molecule has 0 heterocycles. The summed E-state index contributed by atoms with van der Waals surface area (Å²) >= 11 is 0. The number of alkyl halides is 3. The quantitative estimate of drug-likeness (QED) is 0.726. The van der Waals surface area contributed by atoms with E-state index < -0.39 is 17.6 Å². The molecule has 0 radical (unpaired) electrons. The number of halogens is 4. The maximum Gasteiger partial charge on any atom is 0.416 e. The Morgan fingerprint density at radius 2 is 1.57 bits per heavy atom. The standard InChI is InChI=1S/C20H20F4N2O2/c1-14(27)26(12-10-15-2-8-18(21)9-3-15)13-11-25-19(28)16-4-6-17(7-5-16)20(22,23)24/h2-9H,10-13H2,1H3,(H,25,28). The number of nitrogens with one attached hydrogen (secondary N) is 1. The summed E-state index contributed by atoms with van der Waals surface area (Å²) in [7, 11) is 0. The molecule has 0 fully saturated rings. The number of carbonyl (C=O) groups excluding carboxylic acids is 2. The average molecular weight is 396 g/mol. The van der Waals surface area contributed by atoms with Crippen LogP contribution in [0.4, 0.5) is 17.6 Å². The number of nitrogens with zero attached hydrogens (tertiary/aromatic N) is 1. The molecular weight excluding hydrogens is 376 g/mol. The number of hydrogen-bond donors (Lipinski definition) is 1. The highest BCUT2D eigenvalue weighted by Crippen LogP contribution is 2.29. The molecule has 2 amide bonds. The Balaban J connectivity index is 1.83. The largest absolute Gasteiger partial charge is 0.416 e. The smallest absolute Gasteiger partial charge is 0.350 e. The molecule has 0 unspecified atom stereocenters. The normalized spacial score (nSPS) is 11.2. The molecule has 4 nitrogen and oxygen atoms in total. The lowest BCUT2D eigenvalue weighted by Gasteiger charge is -2.21. The highest BCUT2D eigenvalue weighted by atomic mass is 19.4. The van der Waals surface area contributed by atoms with Crippen molar-refractivity contribution in [3.63, 3.8) is 0 Å². The van der Waals surface area contributed by atoms with Gasteiger partial charge in [0.15, 0.2) is 0 Å². The van der Waals surface area contributed by atoms with Crippen molar-refractivity contribution in [2.24, 2.45) is 0 Å². The maximum absolute atomic E-state index is 12.9. The van der Waals surface area contributed by atoms with Crippen LogP contribution in [0.2, 0.25) is 0 Å². The molecule has 1 N–H and O–H groups in total. The van der Waals surface area contributed by atoms with Crippen molar-refractivity contribution in [2.75, 3.05) is 19.6 Å². The van der Waals surface area contributed by atoms with Crippen LogP contribution in [0, 0.1) is 5.82 Å². The highest BCUT2D eigenvalue weighted by molar-refractivity contribution is 5.94. The summed E-state index contributed by atoms with van der Waals surface area (Å²) in [6, 6.07) is 9.87. The van der Waals surface area contributed by atoms with Gasteiger partial charge in [0.1, 0.15) is 5.82 Å². The minimum atomic E-state index is -4.46. The molecule has 0 spiro atoms. The first-order valence-corrected chi connectivity index (χ1v) is 8.62. The van der Waals surface area contributed by atoms with E-state index in [4.69, 9.17) is 0 Å². The van der Waals surface area contributed by atoms with Gasteiger partial charge in [-0.1, -0.05) is 12.1 Å². The summed E-state index contributed by atoms with van der Waals surface area (Å²) in [6.45, 7) is 2.21. The molecule has 0 aliphatic heterocycles. The topological polar surface area (TPSA) is 49.4 Å². The fourth-order valence-electron chi connectivity index (χ4n) is 2.56. The Morgan fingerprint density at radius 3 is 2.11 bits per heavy atom. The summed E-state index contributed by atoms with van der Waals surface area (Å²) < 4.78 is 50.6. The number of hydrogen-bond acceptors (Lipinski definition) is 2. The van der Waals surface area contributed by atoms with Crippen molar-refractivity contribution in [1.82, 2.24) is 10.2 Å². The molecule has 0 aliphatic carbocycles. The third-order valence-corrected chi connectivity index (χ3v) is 4.17. The van der Waals surface area contributed by atoms with Gasteiger partial charge in [-0.05, 0) is 48.4 Å². The van der Waals surface area contributed by atoms with Gasteiger partial charge in [0.2, 0.25) is 5.91 Å². The van der Waals surface area contributed by atoms with Crippen LogP contribution >= 0.6 is 0 Å². The van der Waals surface area contributed by atoms with Gasteiger partial charge in [0.05, 0.1) is 5.56 Å². The van der Waals surface area contributed by atoms with Crippen molar-refractivity contribution < 1.29 is 27.2 Å². The van der Waals surface area contributed by atoms with E-state index >= 15 is 0 Å². The Hall–Kier alpha value is -2.90. The van der Waals surface area contributed by atoms with Crippen molar-refractivity contribution in [2.45, 2.75) is 19.5 Å². The lowest BCUT2D eigenvalue weighted by Crippen LogP contribution is -2.38. The molecule has 0 aromatic heterocycles. The fraction of sp³-hybridized carbons (Fsp3) is 0.300. The van der Waals surface area contributed by atoms with Crippen LogP contribution in [0.3, 0.4) is 0 Å². The van der Waals surface area contributed by atoms with E-state index in [0.29, 0.717) is 13.0 Å². The lowest BCUT2D eigenvalue weighted by atomic mass is 10.1. The van der Waals surface area contributed by atoms with Crippen LogP contribution in [-0.4, -0.2) is 36.3 Å². The number of benzene rings is 2. The Bertz CT molecular complexity index is 802. The zero-order chi connectivity index (χ0) is 20.7. The summed E-state index contributed by atoms with van der Waals surface area (Å²) in [6.07, 6.45) is -3.92. The van der Waals surface area contributed by atoms with Crippen LogP contribution in [0.15, 0.2) is 48.5 Å². The van der Waals surface area contributed by atoms with Gasteiger partial charge in [-0.15, -0.1) is 0 Å². The summed E-state index contributed by atoms with van der Waals surface area (Å²) in [5.41, 5.74) is 0.155. The van der Waals surface area contributed by atoms with E-state index in [-0.39, 0.29) is 30.4 Å². The first-order chi connectivity index (χ1) is 13.2. The molecule has 28 heavy (non-hydrogen) atoms. The number of amides is 2. The SMILES string of the molecule is CC(=O)N(CCNC(=O)c1ccc(C(F)(F)F)cc1)CCc1ccc(F)cc1. The molecular formula is C20H20F4N2O2. The van der Waals surface area contributed by atoms with Gasteiger partial charge in [0, 0.05) is 32.1 Å².